The monoisotopic (exact) mass is 419 g/mol. The van der Waals surface area contributed by atoms with Crippen molar-refractivity contribution < 1.29 is 19.1 Å². The van der Waals surface area contributed by atoms with Crippen molar-refractivity contribution >= 4 is 29.1 Å². The fraction of sp³-hybridized carbons (Fsp3) is 0.333. The minimum absolute atomic E-state index is 0.0784. The van der Waals surface area contributed by atoms with Crippen LogP contribution in [0.1, 0.15) is 35.3 Å². The van der Waals surface area contributed by atoms with Gasteiger partial charge in [0, 0.05) is 29.2 Å². The van der Waals surface area contributed by atoms with Gasteiger partial charge in [-0.1, -0.05) is 43.6 Å². The molecule has 0 fully saturated rings. The van der Waals surface area contributed by atoms with Crippen molar-refractivity contribution in [3.63, 3.8) is 0 Å². The molecule has 2 aromatic rings. The molecule has 0 saturated heterocycles. The van der Waals surface area contributed by atoms with E-state index in [1.165, 1.54) is 23.1 Å². The molecule has 6 nitrogen and oxygen atoms in total. The first kappa shape index (κ1) is 21.2. The molecule has 0 aliphatic carbocycles. The molecule has 0 saturated carbocycles. The maximum Gasteiger partial charge on any atom is 0.268 e. The number of anilines is 1. The zero-order valence-electron chi connectivity index (χ0n) is 16.3. The van der Waals surface area contributed by atoms with E-state index in [-0.39, 0.29) is 33.9 Å². The number of hydrogen-bond donors (Lipinski definition) is 2. The van der Waals surface area contributed by atoms with Gasteiger partial charge in [-0.05, 0) is 31.3 Å². The lowest BCUT2D eigenvalue weighted by Crippen LogP contribution is -2.44. The normalized spacial score (nSPS) is 18.4. The van der Waals surface area contributed by atoms with Gasteiger partial charge in [0.2, 0.25) is 11.5 Å². The molecule has 1 unspecified atom stereocenters. The number of carbonyl (C=O) groups excluding carboxylic acids is 2. The molecule has 2 aromatic carbocycles. The van der Waals surface area contributed by atoms with Crippen LogP contribution in [0.2, 0.25) is 5.02 Å². The molecule has 1 atom stereocenters. The number of rotatable bonds is 7. The Kier molecular flexibility index (Phi) is 5.93. The number of carbonyl (C=O) groups is 2. The van der Waals surface area contributed by atoms with Crippen molar-refractivity contribution in [2.75, 3.05) is 31.1 Å². The van der Waals surface area contributed by atoms with Gasteiger partial charge in [-0.15, -0.1) is 0 Å². The molecule has 2 amide bonds. The molecule has 0 radical (unpaired) electrons. The predicted octanol–water partition coefficient (Wildman–Crippen LogP) is 2.50. The minimum atomic E-state index is -2.29. The van der Waals surface area contributed by atoms with Crippen LogP contribution in [-0.4, -0.2) is 48.0 Å². The highest BCUT2D eigenvalue weighted by molar-refractivity contribution is 6.32. The Morgan fingerprint density at radius 2 is 1.93 bits per heavy atom. The third-order valence-corrected chi connectivity index (χ3v) is 5.69. The van der Waals surface area contributed by atoms with Crippen LogP contribution in [0.25, 0.3) is 0 Å². The zero-order valence-corrected chi connectivity index (χ0v) is 17.0. The second kappa shape index (κ2) is 8.10. The average molecular weight is 420 g/mol. The molecule has 1 heterocycles. The summed E-state index contributed by atoms with van der Waals surface area (Å²) in [5.41, 5.74) is 2.94. The van der Waals surface area contributed by atoms with E-state index < -0.39 is 23.2 Å². The summed E-state index contributed by atoms with van der Waals surface area (Å²) in [6, 6.07) is 8.55. The Bertz CT molecular complexity index is 964. The van der Waals surface area contributed by atoms with Crippen LogP contribution in [0.3, 0.4) is 0 Å². The first-order valence-electron chi connectivity index (χ1n) is 9.41. The number of fused-ring (bicyclic) bond motifs is 1. The molecule has 154 valence electrons. The van der Waals surface area contributed by atoms with Crippen LogP contribution >= 0.6 is 11.6 Å². The van der Waals surface area contributed by atoms with E-state index in [4.69, 9.17) is 17.3 Å². The van der Waals surface area contributed by atoms with Crippen molar-refractivity contribution in [1.82, 2.24) is 4.90 Å². The highest BCUT2D eigenvalue weighted by Gasteiger charge is 2.54. The first-order chi connectivity index (χ1) is 13.7. The molecule has 0 aromatic heterocycles. The van der Waals surface area contributed by atoms with Crippen LogP contribution in [0.4, 0.5) is 10.1 Å². The molecular formula is C21H23ClFN3O3. The van der Waals surface area contributed by atoms with Gasteiger partial charge >= 0.3 is 0 Å². The van der Waals surface area contributed by atoms with E-state index in [9.17, 15) is 14.7 Å². The second-order valence-corrected chi connectivity index (χ2v) is 7.30. The van der Waals surface area contributed by atoms with Crippen molar-refractivity contribution in [1.29, 1.82) is 0 Å². The predicted molar refractivity (Wildman–Crippen MR) is 110 cm³/mol. The van der Waals surface area contributed by atoms with Gasteiger partial charge in [0.15, 0.2) is 0 Å². The molecule has 29 heavy (non-hydrogen) atoms. The van der Waals surface area contributed by atoms with E-state index in [0.717, 1.165) is 19.2 Å². The lowest BCUT2D eigenvalue weighted by molar-refractivity contribution is -0.132. The van der Waals surface area contributed by atoms with E-state index in [0.29, 0.717) is 6.54 Å². The second-order valence-electron chi connectivity index (χ2n) is 6.89. The summed E-state index contributed by atoms with van der Waals surface area (Å²) < 4.78 is 15.1. The Hall–Kier alpha value is -2.48. The molecule has 8 heteroatoms. The SMILES string of the molecule is CCN(CC)CCN1C(=O)C(O)(c2ccccc2Cl)c2c(F)cc(C(N)=O)cc21. The van der Waals surface area contributed by atoms with Gasteiger partial charge in [0.1, 0.15) is 5.82 Å². The first-order valence-corrected chi connectivity index (χ1v) is 9.78. The number of nitrogens with two attached hydrogens (primary N) is 1. The van der Waals surface area contributed by atoms with E-state index in [1.807, 2.05) is 13.8 Å². The van der Waals surface area contributed by atoms with Crippen LogP contribution in [0, 0.1) is 5.82 Å². The molecular weight excluding hydrogens is 397 g/mol. The van der Waals surface area contributed by atoms with Crippen LogP contribution in [0.15, 0.2) is 36.4 Å². The minimum Gasteiger partial charge on any atom is -0.372 e. The van der Waals surface area contributed by atoms with E-state index in [1.54, 1.807) is 12.1 Å². The Labute approximate surface area is 173 Å². The summed E-state index contributed by atoms with van der Waals surface area (Å²) in [5.74, 6) is -2.43. The van der Waals surface area contributed by atoms with Crippen molar-refractivity contribution in [2.45, 2.75) is 19.4 Å². The molecule has 3 rings (SSSR count). The fourth-order valence-electron chi connectivity index (χ4n) is 3.72. The summed E-state index contributed by atoms with van der Waals surface area (Å²) in [6.07, 6.45) is 0. The molecule has 3 N–H and O–H groups in total. The highest BCUT2D eigenvalue weighted by atomic mass is 35.5. The standard InChI is InChI=1S/C21H23ClFN3O3/c1-3-25(4-2)9-10-26-17-12-13(19(24)27)11-16(23)18(17)21(29,20(26)28)14-7-5-6-8-15(14)22/h5-8,11-12,29H,3-4,9-10H2,1-2H3,(H2,24,27). The van der Waals surface area contributed by atoms with E-state index >= 15 is 4.39 Å². The van der Waals surface area contributed by atoms with Crippen LogP contribution in [0.5, 0.6) is 0 Å². The highest BCUT2D eigenvalue weighted by Crippen LogP contribution is 2.47. The topological polar surface area (TPSA) is 86.9 Å². The van der Waals surface area contributed by atoms with Crippen LogP contribution in [-0.2, 0) is 10.4 Å². The van der Waals surface area contributed by atoms with Gasteiger partial charge in [-0.2, -0.15) is 0 Å². The fourth-order valence-corrected chi connectivity index (χ4v) is 4.00. The van der Waals surface area contributed by atoms with Crippen molar-refractivity contribution in [3.8, 4) is 0 Å². The van der Waals surface area contributed by atoms with Gasteiger partial charge in [-0.3, -0.25) is 9.59 Å². The third-order valence-electron chi connectivity index (χ3n) is 5.36. The van der Waals surface area contributed by atoms with Crippen molar-refractivity contribution in [2.24, 2.45) is 5.73 Å². The molecule has 1 aliphatic heterocycles. The summed E-state index contributed by atoms with van der Waals surface area (Å²) >= 11 is 6.24. The number of primary amides is 1. The smallest absolute Gasteiger partial charge is 0.268 e. The summed E-state index contributed by atoms with van der Waals surface area (Å²) in [7, 11) is 0. The lowest BCUT2D eigenvalue weighted by Gasteiger charge is -2.26. The number of amides is 2. The largest absolute Gasteiger partial charge is 0.372 e. The van der Waals surface area contributed by atoms with Crippen molar-refractivity contribution in [3.05, 3.63) is 63.9 Å². The Morgan fingerprint density at radius 1 is 1.28 bits per heavy atom. The molecule has 0 spiro atoms. The van der Waals surface area contributed by atoms with Gasteiger partial charge in [-0.25, -0.2) is 4.39 Å². The number of benzene rings is 2. The Morgan fingerprint density at radius 3 is 2.52 bits per heavy atom. The number of halogens is 2. The number of nitrogens with zero attached hydrogens (tertiary/aromatic N) is 2. The number of aliphatic hydroxyl groups is 1. The van der Waals surface area contributed by atoms with Gasteiger partial charge in [0.05, 0.1) is 11.3 Å². The third kappa shape index (κ3) is 3.50. The maximum absolute atomic E-state index is 15.1. The number of likely N-dealkylation sites (N-methyl/N-ethyl adjacent to an activating group) is 1. The zero-order chi connectivity index (χ0) is 21.3. The number of hydrogen-bond acceptors (Lipinski definition) is 4. The van der Waals surface area contributed by atoms with E-state index in [2.05, 4.69) is 4.90 Å². The van der Waals surface area contributed by atoms with Gasteiger partial charge < -0.3 is 20.6 Å². The maximum atomic E-state index is 15.1. The quantitative estimate of drug-likeness (QED) is 0.721. The lowest BCUT2D eigenvalue weighted by atomic mass is 9.86. The molecule has 0 bridgehead atoms. The summed E-state index contributed by atoms with van der Waals surface area (Å²) in [5, 5.41) is 11.6. The average Bonchev–Trinajstić information content (AvgIpc) is 2.91. The van der Waals surface area contributed by atoms with Crippen LogP contribution < -0.4 is 10.6 Å². The summed E-state index contributed by atoms with van der Waals surface area (Å²) in [6.45, 7) is 6.26. The summed E-state index contributed by atoms with van der Waals surface area (Å²) in [4.78, 5) is 28.4. The van der Waals surface area contributed by atoms with Gasteiger partial charge in [0.25, 0.3) is 5.91 Å². The molecule has 1 aliphatic rings. The Balaban J connectivity index is 2.19.